The average Bonchev–Trinajstić information content (AvgIpc) is 2.15. The quantitative estimate of drug-likeness (QED) is 0.638. The number of hydrogen-bond acceptors (Lipinski definition) is 1. The number of alkyl halides is 1. The first-order chi connectivity index (χ1) is 5.88. The second kappa shape index (κ2) is 4.58. The van der Waals surface area contributed by atoms with Crippen LogP contribution in [0, 0.1) is 11.3 Å². The van der Waals surface area contributed by atoms with E-state index in [2.05, 4.69) is 6.07 Å². The standard InChI is InChI=1S/C10H8ClN/c11-7-3-6-9-4-1-2-5-10(9)8-12/h1-6H,7H2. The number of allylic oxidation sites excluding steroid dienone is 1. The Labute approximate surface area is 76.9 Å². The van der Waals surface area contributed by atoms with Crippen molar-refractivity contribution in [3.8, 4) is 6.07 Å². The molecule has 1 aromatic carbocycles. The highest BCUT2D eigenvalue weighted by molar-refractivity contribution is 6.19. The predicted octanol–water partition coefficient (Wildman–Crippen LogP) is 2.81. The lowest BCUT2D eigenvalue weighted by Gasteiger charge is -1.94. The van der Waals surface area contributed by atoms with E-state index in [-0.39, 0.29) is 0 Å². The van der Waals surface area contributed by atoms with Crippen LogP contribution in [0.4, 0.5) is 0 Å². The number of nitriles is 1. The van der Waals surface area contributed by atoms with Crippen LogP contribution in [-0.2, 0) is 0 Å². The second-order valence-electron chi connectivity index (χ2n) is 2.26. The maximum Gasteiger partial charge on any atom is 0.0997 e. The molecule has 1 rings (SSSR count). The van der Waals surface area contributed by atoms with E-state index in [9.17, 15) is 0 Å². The van der Waals surface area contributed by atoms with Crippen LogP contribution in [0.5, 0.6) is 0 Å². The summed E-state index contributed by atoms with van der Waals surface area (Å²) in [7, 11) is 0. The molecule has 0 fully saturated rings. The van der Waals surface area contributed by atoms with Gasteiger partial charge in [0, 0.05) is 5.88 Å². The van der Waals surface area contributed by atoms with Gasteiger partial charge in [0.25, 0.3) is 0 Å². The molecule has 0 spiro atoms. The van der Waals surface area contributed by atoms with Gasteiger partial charge in [-0.1, -0.05) is 30.4 Å². The van der Waals surface area contributed by atoms with E-state index in [1.807, 2.05) is 30.4 Å². The molecule has 0 aliphatic heterocycles. The van der Waals surface area contributed by atoms with E-state index in [1.54, 1.807) is 6.07 Å². The van der Waals surface area contributed by atoms with Crippen LogP contribution in [0.1, 0.15) is 11.1 Å². The van der Waals surface area contributed by atoms with E-state index < -0.39 is 0 Å². The first-order valence-electron chi connectivity index (χ1n) is 3.60. The topological polar surface area (TPSA) is 23.8 Å². The normalized spacial score (nSPS) is 10.0. The molecular formula is C10H8ClN. The highest BCUT2D eigenvalue weighted by Gasteiger charge is 1.93. The van der Waals surface area contributed by atoms with E-state index in [1.165, 1.54) is 0 Å². The van der Waals surface area contributed by atoms with Crippen molar-refractivity contribution < 1.29 is 0 Å². The van der Waals surface area contributed by atoms with Crippen molar-refractivity contribution in [2.45, 2.75) is 0 Å². The summed E-state index contributed by atoms with van der Waals surface area (Å²) in [5.41, 5.74) is 1.60. The number of nitrogens with zero attached hydrogens (tertiary/aromatic N) is 1. The molecule has 0 saturated heterocycles. The fourth-order valence-electron chi connectivity index (χ4n) is 0.916. The molecule has 0 bridgehead atoms. The first-order valence-corrected chi connectivity index (χ1v) is 4.13. The van der Waals surface area contributed by atoms with E-state index in [0.29, 0.717) is 11.4 Å². The zero-order chi connectivity index (χ0) is 8.81. The van der Waals surface area contributed by atoms with Gasteiger partial charge in [-0.05, 0) is 11.6 Å². The Bertz CT molecular complexity index is 323. The summed E-state index contributed by atoms with van der Waals surface area (Å²) < 4.78 is 0. The SMILES string of the molecule is N#Cc1ccccc1C=CCCl. The van der Waals surface area contributed by atoms with E-state index in [0.717, 1.165) is 5.56 Å². The third-order valence-corrected chi connectivity index (χ3v) is 1.65. The highest BCUT2D eigenvalue weighted by atomic mass is 35.5. The Hall–Kier alpha value is -1.26. The molecule has 60 valence electrons. The number of benzene rings is 1. The molecule has 0 radical (unpaired) electrons. The van der Waals surface area contributed by atoms with Gasteiger partial charge in [0.2, 0.25) is 0 Å². The Morgan fingerprint density at radius 2 is 2.17 bits per heavy atom. The molecule has 0 amide bonds. The molecule has 0 heterocycles. The van der Waals surface area contributed by atoms with Gasteiger partial charge in [0.1, 0.15) is 0 Å². The van der Waals surface area contributed by atoms with Crippen LogP contribution < -0.4 is 0 Å². The minimum Gasteiger partial charge on any atom is -0.192 e. The zero-order valence-corrected chi connectivity index (χ0v) is 7.25. The summed E-state index contributed by atoms with van der Waals surface area (Å²) in [6.45, 7) is 0. The van der Waals surface area contributed by atoms with Gasteiger partial charge in [-0.3, -0.25) is 0 Å². The van der Waals surface area contributed by atoms with Gasteiger partial charge < -0.3 is 0 Å². The van der Waals surface area contributed by atoms with Gasteiger partial charge in [-0.25, -0.2) is 0 Å². The lowest BCUT2D eigenvalue weighted by atomic mass is 10.1. The van der Waals surface area contributed by atoms with Crippen molar-refractivity contribution in [2.24, 2.45) is 0 Å². The van der Waals surface area contributed by atoms with Gasteiger partial charge in [0.05, 0.1) is 11.6 Å². The van der Waals surface area contributed by atoms with Crippen LogP contribution in [0.2, 0.25) is 0 Å². The summed E-state index contributed by atoms with van der Waals surface area (Å²) in [6.07, 6.45) is 3.67. The Morgan fingerprint density at radius 3 is 2.83 bits per heavy atom. The predicted molar refractivity (Wildman–Crippen MR) is 50.9 cm³/mol. The third-order valence-electron chi connectivity index (χ3n) is 1.47. The van der Waals surface area contributed by atoms with Crippen LogP contribution >= 0.6 is 11.6 Å². The molecule has 0 aromatic heterocycles. The van der Waals surface area contributed by atoms with Crippen molar-refractivity contribution >= 4 is 17.7 Å². The lowest BCUT2D eigenvalue weighted by molar-refractivity contribution is 1.47. The molecule has 0 aliphatic rings. The van der Waals surface area contributed by atoms with Crippen LogP contribution in [0.3, 0.4) is 0 Å². The fourth-order valence-corrected chi connectivity index (χ4v) is 1.00. The number of halogens is 1. The van der Waals surface area contributed by atoms with Gasteiger partial charge in [-0.15, -0.1) is 11.6 Å². The minimum atomic E-state index is 0.472. The largest absolute Gasteiger partial charge is 0.192 e. The van der Waals surface area contributed by atoms with Gasteiger partial charge in [0.15, 0.2) is 0 Å². The number of hydrogen-bond donors (Lipinski definition) is 0. The van der Waals surface area contributed by atoms with Crippen molar-refractivity contribution in [1.82, 2.24) is 0 Å². The summed E-state index contributed by atoms with van der Waals surface area (Å²) in [5.74, 6) is 0.472. The van der Waals surface area contributed by atoms with Crippen LogP contribution in [0.25, 0.3) is 6.08 Å². The monoisotopic (exact) mass is 177 g/mol. The Kier molecular flexibility index (Phi) is 3.37. The fraction of sp³-hybridized carbons (Fsp3) is 0.100. The molecule has 1 aromatic rings. The molecule has 0 atom stereocenters. The smallest absolute Gasteiger partial charge is 0.0997 e. The zero-order valence-electron chi connectivity index (χ0n) is 6.50. The molecule has 1 nitrogen and oxygen atoms in total. The molecular weight excluding hydrogens is 170 g/mol. The van der Waals surface area contributed by atoms with Crippen molar-refractivity contribution in [2.75, 3.05) is 5.88 Å². The molecule has 0 saturated carbocycles. The van der Waals surface area contributed by atoms with E-state index in [4.69, 9.17) is 16.9 Å². The van der Waals surface area contributed by atoms with Crippen LogP contribution in [0.15, 0.2) is 30.3 Å². The molecule has 12 heavy (non-hydrogen) atoms. The number of rotatable bonds is 2. The van der Waals surface area contributed by atoms with Crippen LogP contribution in [-0.4, -0.2) is 5.88 Å². The van der Waals surface area contributed by atoms with Crippen molar-refractivity contribution in [1.29, 1.82) is 5.26 Å². The summed E-state index contributed by atoms with van der Waals surface area (Å²) >= 11 is 5.48. The van der Waals surface area contributed by atoms with Crippen molar-refractivity contribution in [3.63, 3.8) is 0 Å². The third kappa shape index (κ3) is 2.11. The molecule has 0 aliphatic carbocycles. The molecule has 0 unspecified atom stereocenters. The molecule has 2 heteroatoms. The Balaban J connectivity index is 2.99. The first kappa shape index (κ1) is 8.83. The lowest BCUT2D eigenvalue weighted by Crippen LogP contribution is -1.79. The van der Waals surface area contributed by atoms with Gasteiger partial charge >= 0.3 is 0 Å². The minimum absolute atomic E-state index is 0.472. The maximum atomic E-state index is 8.70. The van der Waals surface area contributed by atoms with Crippen molar-refractivity contribution in [3.05, 3.63) is 41.5 Å². The summed E-state index contributed by atoms with van der Waals surface area (Å²) in [5, 5.41) is 8.70. The van der Waals surface area contributed by atoms with E-state index >= 15 is 0 Å². The highest BCUT2D eigenvalue weighted by Crippen LogP contribution is 2.08. The molecule has 0 N–H and O–H groups in total. The summed E-state index contributed by atoms with van der Waals surface area (Å²) in [6, 6.07) is 9.53. The average molecular weight is 178 g/mol. The van der Waals surface area contributed by atoms with Gasteiger partial charge in [-0.2, -0.15) is 5.26 Å². The second-order valence-corrected chi connectivity index (χ2v) is 2.56. The summed E-state index contributed by atoms with van der Waals surface area (Å²) in [4.78, 5) is 0. The maximum absolute atomic E-state index is 8.70. The Morgan fingerprint density at radius 1 is 1.42 bits per heavy atom.